The zero-order valence-corrected chi connectivity index (χ0v) is 16.5. The molecule has 0 saturated heterocycles. The van der Waals surface area contributed by atoms with Crippen molar-refractivity contribution in [1.82, 2.24) is 0 Å². The van der Waals surface area contributed by atoms with Crippen molar-refractivity contribution in [2.24, 2.45) is 0 Å². The minimum absolute atomic E-state index is 0.0176. The molecular weight excluding hydrogens is 403 g/mol. The van der Waals surface area contributed by atoms with Crippen molar-refractivity contribution in [2.75, 3.05) is 0 Å². The Morgan fingerprint density at radius 1 is 0.926 bits per heavy atom. The molecule has 0 aromatic heterocycles. The second-order valence-electron chi connectivity index (χ2n) is 6.20. The van der Waals surface area contributed by atoms with Gasteiger partial charge in [-0.1, -0.05) is 68.1 Å². The SMILES string of the molecule is CCCCC(Cl)(Cl)c1ccc(OC(F)(F)c2ccc(CC)c(F)c2F)cc1. The summed E-state index contributed by atoms with van der Waals surface area (Å²) in [7, 11) is 0. The first-order valence-corrected chi connectivity index (χ1v) is 9.40. The zero-order valence-electron chi connectivity index (χ0n) is 15.0. The first kappa shape index (κ1) is 21.8. The second kappa shape index (κ2) is 8.70. The molecule has 0 spiro atoms. The van der Waals surface area contributed by atoms with Crippen molar-refractivity contribution in [3.05, 3.63) is 64.7 Å². The van der Waals surface area contributed by atoms with Crippen molar-refractivity contribution in [1.29, 1.82) is 0 Å². The van der Waals surface area contributed by atoms with E-state index < -0.39 is 27.6 Å². The highest BCUT2D eigenvalue weighted by molar-refractivity contribution is 6.48. The number of ether oxygens (including phenoxy) is 1. The fraction of sp³-hybridized carbons (Fsp3) is 0.400. The molecule has 1 nitrogen and oxygen atoms in total. The van der Waals surface area contributed by atoms with Gasteiger partial charge >= 0.3 is 6.11 Å². The Labute approximate surface area is 166 Å². The highest BCUT2D eigenvalue weighted by atomic mass is 35.5. The highest BCUT2D eigenvalue weighted by Gasteiger charge is 2.39. The van der Waals surface area contributed by atoms with Gasteiger partial charge in [0.1, 0.15) is 15.6 Å². The summed E-state index contributed by atoms with van der Waals surface area (Å²) in [5, 5.41) is 0. The number of unbranched alkanes of at least 4 members (excludes halogenated alkanes) is 1. The van der Waals surface area contributed by atoms with E-state index in [-0.39, 0.29) is 17.7 Å². The van der Waals surface area contributed by atoms with Crippen LogP contribution in [0, 0.1) is 11.6 Å². The largest absolute Gasteiger partial charge is 0.429 e. The van der Waals surface area contributed by atoms with E-state index in [1.807, 2.05) is 6.92 Å². The van der Waals surface area contributed by atoms with Crippen LogP contribution in [0.15, 0.2) is 36.4 Å². The van der Waals surface area contributed by atoms with Crippen LogP contribution in [0.3, 0.4) is 0 Å². The summed E-state index contributed by atoms with van der Waals surface area (Å²) >= 11 is 12.5. The molecule has 0 aliphatic rings. The molecule has 0 N–H and O–H groups in total. The Bertz CT molecular complexity index is 776. The van der Waals surface area contributed by atoms with Crippen LogP contribution in [0.25, 0.3) is 0 Å². The number of halogens is 6. The van der Waals surface area contributed by atoms with Crippen LogP contribution < -0.4 is 4.74 Å². The Hall–Kier alpha value is -1.46. The van der Waals surface area contributed by atoms with E-state index >= 15 is 0 Å². The fourth-order valence-corrected chi connectivity index (χ4v) is 3.12. The van der Waals surface area contributed by atoms with Gasteiger partial charge in [-0.2, -0.15) is 8.78 Å². The van der Waals surface area contributed by atoms with Gasteiger partial charge in [-0.3, -0.25) is 0 Å². The predicted molar refractivity (Wildman–Crippen MR) is 99.6 cm³/mol. The lowest BCUT2D eigenvalue weighted by molar-refractivity contribution is -0.187. The normalized spacial score (nSPS) is 12.3. The van der Waals surface area contributed by atoms with E-state index in [9.17, 15) is 17.6 Å². The number of alkyl halides is 4. The molecule has 0 atom stereocenters. The maximum atomic E-state index is 14.3. The van der Waals surface area contributed by atoms with E-state index in [4.69, 9.17) is 23.2 Å². The topological polar surface area (TPSA) is 9.23 Å². The molecule has 0 radical (unpaired) electrons. The van der Waals surface area contributed by atoms with Crippen LogP contribution in [0.4, 0.5) is 17.6 Å². The maximum Gasteiger partial charge on any atom is 0.429 e. The van der Waals surface area contributed by atoms with Gasteiger partial charge in [0.25, 0.3) is 0 Å². The molecule has 0 bridgehead atoms. The van der Waals surface area contributed by atoms with Crippen LogP contribution in [-0.4, -0.2) is 0 Å². The van der Waals surface area contributed by atoms with E-state index in [0.717, 1.165) is 25.0 Å². The van der Waals surface area contributed by atoms with E-state index in [0.29, 0.717) is 12.0 Å². The number of hydrogen-bond acceptors (Lipinski definition) is 1. The highest BCUT2D eigenvalue weighted by Crippen LogP contribution is 2.40. The van der Waals surface area contributed by atoms with Crippen molar-refractivity contribution in [2.45, 2.75) is 50.0 Å². The number of hydrogen-bond donors (Lipinski definition) is 0. The van der Waals surface area contributed by atoms with Crippen LogP contribution in [0.5, 0.6) is 5.75 Å². The molecule has 27 heavy (non-hydrogen) atoms. The average Bonchev–Trinajstić information content (AvgIpc) is 2.62. The molecular formula is C20H20Cl2F4O. The van der Waals surface area contributed by atoms with E-state index in [1.165, 1.54) is 24.3 Å². The molecule has 0 aliphatic carbocycles. The van der Waals surface area contributed by atoms with Gasteiger partial charge in [-0.25, -0.2) is 8.78 Å². The average molecular weight is 423 g/mol. The minimum Gasteiger partial charge on any atom is -0.429 e. The van der Waals surface area contributed by atoms with Gasteiger partial charge in [0.2, 0.25) is 0 Å². The summed E-state index contributed by atoms with van der Waals surface area (Å²) in [6, 6.07) is 7.43. The smallest absolute Gasteiger partial charge is 0.429 e. The van der Waals surface area contributed by atoms with Gasteiger partial charge in [0.05, 0.1) is 0 Å². The fourth-order valence-electron chi connectivity index (χ4n) is 2.60. The minimum atomic E-state index is -4.04. The monoisotopic (exact) mass is 422 g/mol. The molecule has 0 amide bonds. The summed E-state index contributed by atoms with van der Waals surface area (Å²) in [6.07, 6.45) is -1.62. The predicted octanol–water partition coefficient (Wildman–Crippen LogP) is 7.48. The summed E-state index contributed by atoms with van der Waals surface area (Å²) in [5.74, 6) is -3.13. The van der Waals surface area contributed by atoms with E-state index in [1.54, 1.807) is 6.92 Å². The molecule has 2 aromatic carbocycles. The van der Waals surface area contributed by atoms with Gasteiger partial charge < -0.3 is 4.74 Å². The van der Waals surface area contributed by atoms with Crippen LogP contribution in [0.1, 0.15) is 49.8 Å². The van der Waals surface area contributed by atoms with Gasteiger partial charge in [-0.05, 0) is 42.2 Å². The first-order chi connectivity index (χ1) is 12.6. The Morgan fingerprint density at radius 3 is 2.11 bits per heavy atom. The lowest BCUT2D eigenvalue weighted by Crippen LogP contribution is -2.24. The third kappa shape index (κ3) is 5.08. The second-order valence-corrected chi connectivity index (χ2v) is 7.69. The van der Waals surface area contributed by atoms with Crippen LogP contribution >= 0.6 is 23.2 Å². The lowest BCUT2D eigenvalue weighted by atomic mass is 10.1. The van der Waals surface area contributed by atoms with Crippen LogP contribution in [0.2, 0.25) is 0 Å². The van der Waals surface area contributed by atoms with Crippen molar-refractivity contribution < 1.29 is 22.3 Å². The lowest BCUT2D eigenvalue weighted by Gasteiger charge is -2.22. The Balaban J connectivity index is 2.22. The quantitative estimate of drug-likeness (QED) is 0.316. The van der Waals surface area contributed by atoms with Gasteiger partial charge in [0.15, 0.2) is 11.6 Å². The molecule has 0 heterocycles. The third-order valence-corrected chi connectivity index (χ3v) is 5.04. The number of rotatable bonds is 8. The Morgan fingerprint density at radius 2 is 1.56 bits per heavy atom. The first-order valence-electron chi connectivity index (χ1n) is 8.65. The molecule has 0 aliphatic heterocycles. The maximum absolute atomic E-state index is 14.3. The van der Waals surface area contributed by atoms with Crippen molar-refractivity contribution in [3.8, 4) is 5.75 Å². The van der Waals surface area contributed by atoms with Gasteiger partial charge in [-0.15, -0.1) is 0 Å². The molecule has 2 aromatic rings. The molecule has 2 rings (SSSR count). The Kier molecular flexibility index (Phi) is 7.03. The van der Waals surface area contributed by atoms with Crippen molar-refractivity contribution in [3.63, 3.8) is 0 Å². The molecule has 0 saturated carbocycles. The summed E-state index contributed by atoms with van der Waals surface area (Å²) in [4.78, 5) is 0. The molecule has 7 heteroatoms. The van der Waals surface area contributed by atoms with E-state index in [2.05, 4.69) is 4.74 Å². The summed E-state index contributed by atoms with van der Waals surface area (Å²) in [5.41, 5.74) is -0.600. The zero-order chi connectivity index (χ0) is 20.2. The summed E-state index contributed by atoms with van der Waals surface area (Å²) < 4.78 is 60.0. The van der Waals surface area contributed by atoms with Crippen molar-refractivity contribution >= 4 is 23.2 Å². The van der Waals surface area contributed by atoms with Gasteiger partial charge in [0, 0.05) is 0 Å². The third-order valence-electron chi connectivity index (χ3n) is 4.22. The standard InChI is InChI=1S/C20H20Cl2F4O/c1-3-5-12-19(21,22)14-7-9-15(10-8-14)27-20(25,26)16-11-6-13(4-2)17(23)18(16)24/h6-11H,3-5,12H2,1-2H3. The van der Waals surface area contributed by atoms with Crippen LogP contribution in [-0.2, 0) is 16.9 Å². The number of aryl methyl sites for hydroxylation is 1. The number of benzene rings is 2. The molecule has 0 unspecified atom stereocenters. The summed E-state index contributed by atoms with van der Waals surface area (Å²) in [6.45, 7) is 3.60. The molecule has 0 fully saturated rings. The molecule has 148 valence electrons.